The van der Waals surface area contributed by atoms with Crippen molar-refractivity contribution in [1.29, 1.82) is 0 Å². The Bertz CT molecular complexity index is 683. The Morgan fingerprint density at radius 2 is 2.18 bits per heavy atom. The van der Waals surface area contributed by atoms with Crippen molar-refractivity contribution in [2.75, 3.05) is 13.3 Å². The zero-order valence-electron chi connectivity index (χ0n) is 12.2. The van der Waals surface area contributed by atoms with Crippen LogP contribution in [0.2, 0.25) is 0 Å². The van der Waals surface area contributed by atoms with Gasteiger partial charge in [-0.3, -0.25) is 4.79 Å². The summed E-state index contributed by atoms with van der Waals surface area (Å²) in [5, 5.41) is 2.08. The van der Waals surface area contributed by atoms with Gasteiger partial charge in [-0.05, 0) is 42.0 Å². The molecule has 2 aliphatic heterocycles. The van der Waals surface area contributed by atoms with E-state index >= 15 is 0 Å². The highest BCUT2D eigenvalue weighted by molar-refractivity contribution is 7.10. The van der Waals surface area contributed by atoms with E-state index in [9.17, 15) is 4.79 Å². The molecule has 0 saturated carbocycles. The number of ether oxygens (including phenoxy) is 2. The average molecular weight is 315 g/mol. The van der Waals surface area contributed by atoms with Gasteiger partial charge in [0, 0.05) is 11.4 Å². The van der Waals surface area contributed by atoms with Crippen molar-refractivity contribution in [2.24, 2.45) is 0 Å². The van der Waals surface area contributed by atoms with Crippen molar-refractivity contribution >= 4 is 17.2 Å². The first-order valence-electron chi connectivity index (χ1n) is 7.52. The Balaban J connectivity index is 1.49. The fraction of sp³-hybridized carbons (Fsp3) is 0.353. The van der Waals surface area contributed by atoms with Crippen molar-refractivity contribution in [2.45, 2.75) is 25.3 Å². The SMILES string of the molecule is O=C(Cc1ccc2c(c1)OCO2)N1CCC[C@@H]1c1cccs1. The molecular weight excluding hydrogens is 298 g/mol. The second-order valence-corrected chi connectivity index (χ2v) is 6.60. The average Bonchev–Trinajstić information content (AvgIpc) is 3.26. The fourth-order valence-corrected chi connectivity index (χ4v) is 4.04. The van der Waals surface area contributed by atoms with Gasteiger partial charge in [-0.15, -0.1) is 11.3 Å². The van der Waals surface area contributed by atoms with E-state index in [1.54, 1.807) is 11.3 Å². The van der Waals surface area contributed by atoms with E-state index in [0.717, 1.165) is 36.4 Å². The molecule has 0 N–H and O–H groups in total. The molecule has 4 nitrogen and oxygen atoms in total. The van der Waals surface area contributed by atoms with Gasteiger partial charge in [0.05, 0.1) is 12.5 Å². The van der Waals surface area contributed by atoms with Crippen LogP contribution in [0.15, 0.2) is 35.7 Å². The standard InChI is InChI=1S/C17H17NO3S/c19-17(10-12-5-6-14-15(9-12)21-11-20-14)18-7-1-3-13(18)16-4-2-8-22-16/h2,4-6,8-9,13H,1,3,7,10-11H2/t13-/m1/s1. The van der Waals surface area contributed by atoms with Crippen molar-refractivity contribution in [3.05, 3.63) is 46.2 Å². The topological polar surface area (TPSA) is 38.8 Å². The number of carbonyl (C=O) groups is 1. The summed E-state index contributed by atoms with van der Waals surface area (Å²) in [6.07, 6.45) is 2.56. The van der Waals surface area contributed by atoms with E-state index in [0.29, 0.717) is 6.42 Å². The number of nitrogens with zero attached hydrogens (tertiary/aromatic N) is 1. The molecule has 2 aliphatic rings. The third kappa shape index (κ3) is 2.46. The lowest BCUT2D eigenvalue weighted by molar-refractivity contribution is -0.131. The first-order valence-corrected chi connectivity index (χ1v) is 8.40. The number of carbonyl (C=O) groups excluding carboxylic acids is 1. The number of likely N-dealkylation sites (tertiary alicyclic amines) is 1. The van der Waals surface area contributed by atoms with Crippen molar-refractivity contribution in [3.63, 3.8) is 0 Å². The van der Waals surface area contributed by atoms with Crippen LogP contribution < -0.4 is 9.47 Å². The zero-order chi connectivity index (χ0) is 14.9. The van der Waals surface area contributed by atoms with E-state index < -0.39 is 0 Å². The Morgan fingerprint density at radius 1 is 1.27 bits per heavy atom. The number of thiophene rings is 1. The summed E-state index contributed by atoms with van der Waals surface area (Å²) in [6.45, 7) is 1.12. The van der Waals surface area contributed by atoms with E-state index in [4.69, 9.17) is 9.47 Å². The van der Waals surface area contributed by atoms with E-state index in [1.165, 1.54) is 4.88 Å². The molecule has 3 heterocycles. The number of fused-ring (bicyclic) bond motifs is 1. The molecule has 1 fully saturated rings. The molecule has 114 valence electrons. The predicted molar refractivity (Wildman–Crippen MR) is 84.3 cm³/mol. The van der Waals surface area contributed by atoms with Crippen LogP contribution in [0.25, 0.3) is 0 Å². The molecule has 1 aromatic heterocycles. The highest BCUT2D eigenvalue weighted by Gasteiger charge is 2.30. The predicted octanol–water partition coefficient (Wildman–Crippen LogP) is 3.38. The lowest BCUT2D eigenvalue weighted by atomic mass is 10.1. The number of benzene rings is 1. The number of hydrogen-bond donors (Lipinski definition) is 0. The lowest BCUT2D eigenvalue weighted by Crippen LogP contribution is -2.31. The maximum absolute atomic E-state index is 12.7. The Hall–Kier alpha value is -2.01. The van der Waals surface area contributed by atoms with Gasteiger partial charge in [0.1, 0.15) is 0 Å². The summed E-state index contributed by atoms with van der Waals surface area (Å²) in [7, 11) is 0. The van der Waals surface area contributed by atoms with Crippen LogP contribution in [0.5, 0.6) is 11.5 Å². The van der Waals surface area contributed by atoms with Gasteiger partial charge in [-0.2, -0.15) is 0 Å². The lowest BCUT2D eigenvalue weighted by Gasteiger charge is -2.24. The maximum atomic E-state index is 12.7. The Morgan fingerprint density at radius 3 is 3.05 bits per heavy atom. The van der Waals surface area contributed by atoms with Crippen molar-refractivity contribution in [3.8, 4) is 11.5 Å². The van der Waals surface area contributed by atoms with E-state index in [2.05, 4.69) is 17.5 Å². The van der Waals surface area contributed by atoms with Gasteiger partial charge in [0.15, 0.2) is 11.5 Å². The van der Waals surface area contributed by atoms with Gasteiger partial charge in [-0.25, -0.2) is 0 Å². The first-order chi connectivity index (χ1) is 10.8. The highest BCUT2D eigenvalue weighted by atomic mass is 32.1. The zero-order valence-corrected chi connectivity index (χ0v) is 13.0. The largest absolute Gasteiger partial charge is 0.454 e. The van der Waals surface area contributed by atoms with Crippen LogP contribution >= 0.6 is 11.3 Å². The molecule has 2 aromatic rings. The number of rotatable bonds is 3. The van der Waals surface area contributed by atoms with Crippen LogP contribution in [-0.2, 0) is 11.2 Å². The normalized spacial score (nSPS) is 19.6. The van der Waals surface area contributed by atoms with Crippen LogP contribution in [0, 0.1) is 0 Å². The van der Waals surface area contributed by atoms with Crippen LogP contribution in [0.1, 0.15) is 29.3 Å². The minimum atomic E-state index is 0.190. The molecular formula is C17H17NO3S. The number of amides is 1. The monoisotopic (exact) mass is 315 g/mol. The van der Waals surface area contributed by atoms with Gasteiger partial charge < -0.3 is 14.4 Å². The molecule has 0 unspecified atom stereocenters. The molecule has 0 radical (unpaired) electrons. The Kier molecular flexibility index (Phi) is 3.50. The summed E-state index contributed by atoms with van der Waals surface area (Å²) < 4.78 is 10.7. The molecule has 0 aliphatic carbocycles. The molecule has 5 heteroatoms. The minimum absolute atomic E-state index is 0.190. The van der Waals surface area contributed by atoms with Crippen LogP contribution in [0.4, 0.5) is 0 Å². The van der Waals surface area contributed by atoms with Gasteiger partial charge in [0.2, 0.25) is 12.7 Å². The minimum Gasteiger partial charge on any atom is -0.454 e. The summed E-state index contributed by atoms with van der Waals surface area (Å²) in [6, 6.07) is 10.2. The van der Waals surface area contributed by atoms with Crippen LogP contribution in [-0.4, -0.2) is 24.1 Å². The van der Waals surface area contributed by atoms with Crippen LogP contribution in [0.3, 0.4) is 0 Å². The molecule has 1 amide bonds. The molecule has 0 spiro atoms. The maximum Gasteiger partial charge on any atom is 0.231 e. The van der Waals surface area contributed by atoms with E-state index in [1.807, 2.05) is 23.1 Å². The van der Waals surface area contributed by atoms with E-state index in [-0.39, 0.29) is 18.7 Å². The third-order valence-corrected chi connectivity index (χ3v) is 5.21. The first kappa shape index (κ1) is 13.6. The summed E-state index contributed by atoms with van der Waals surface area (Å²) >= 11 is 1.73. The third-order valence-electron chi connectivity index (χ3n) is 4.24. The van der Waals surface area contributed by atoms with Gasteiger partial charge in [-0.1, -0.05) is 12.1 Å². The van der Waals surface area contributed by atoms with Crippen molar-refractivity contribution < 1.29 is 14.3 Å². The molecule has 1 atom stereocenters. The van der Waals surface area contributed by atoms with Gasteiger partial charge >= 0.3 is 0 Å². The molecule has 1 aromatic carbocycles. The second-order valence-electron chi connectivity index (χ2n) is 5.62. The molecule has 22 heavy (non-hydrogen) atoms. The second kappa shape index (κ2) is 5.65. The molecule has 1 saturated heterocycles. The Labute approximate surface area is 133 Å². The number of hydrogen-bond acceptors (Lipinski definition) is 4. The fourth-order valence-electron chi connectivity index (χ4n) is 3.17. The summed E-state index contributed by atoms with van der Waals surface area (Å²) in [5.41, 5.74) is 0.978. The quantitative estimate of drug-likeness (QED) is 0.871. The summed E-state index contributed by atoms with van der Waals surface area (Å²) in [5.74, 6) is 1.69. The molecule has 0 bridgehead atoms. The van der Waals surface area contributed by atoms with Gasteiger partial charge in [0.25, 0.3) is 0 Å². The smallest absolute Gasteiger partial charge is 0.231 e. The summed E-state index contributed by atoms with van der Waals surface area (Å²) in [4.78, 5) is 16.0. The highest BCUT2D eigenvalue weighted by Crippen LogP contribution is 2.36. The molecule has 4 rings (SSSR count). The van der Waals surface area contributed by atoms with Crippen molar-refractivity contribution in [1.82, 2.24) is 4.90 Å².